The van der Waals surface area contributed by atoms with Gasteiger partial charge in [0.2, 0.25) is 0 Å². The predicted molar refractivity (Wildman–Crippen MR) is 52.1 cm³/mol. The number of aliphatic hydroxyl groups is 1. The molecule has 0 aliphatic rings. The first kappa shape index (κ1) is 11.9. The molecule has 0 spiro atoms. The maximum Gasteiger partial charge on any atom is 0.0582 e. The Bertz CT molecular complexity index is 94.5. The van der Waals surface area contributed by atoms with E-state index in [1.54, 1.807) is 0 Å². The van der Waals surface area contributed by atoms with E-state index in [0.717, 1.165) is 32.5 Å². The van der Waals surface area contributed by atoms with Gasteiger partial charge in [0.25, 0.3) is 0 Å². The van der Waals surface area contributed by atoms with Crippen LogP contribution in [0.3, 0.4) is 0 Å². The van der Waals surface area contributed by atoms with Crippen molar-refractivity contribution in [2.24, 2.45) is 5.73 Å². The molecule has 0 aromatic heterocycles. The van der Waals surface area contributed by atoms with Gasteiger partial charge in [0.05, 0.1) is 6.61 Å². The van der Waals surface area contributed by atoms with Gasteiger partial charge in [-0.05, 0) is 32.5 Å². The van der Waals surface area contributed by atoms with Crippen LogP contribution in [-0.2, 0) is 0 Å². The molecule has 12 heavy (non-hydrogen) atoms. The zero-order valence-corrected chi connectivity index (χ0v) is 8.29. The van der Waals surface area contributed by atoms with Crippen molar-refractivity contribution in [1.29, 1.82) is 0 Å². The summed E-state index contributed by atoms with van der Waals surface area (Å²) in [5, 5.41) is 8.68. The zero-order chi connectivity index (χ0) is 9.40. The minimum Gasteiger partial charge on any atom is -0.395 e. The summed E-state index contributed by atoms with van der Waals surface area (Å²) in [4.78, 5) is 2.37. The van der Waals surface area contributed by atoms with Crippen LogP contribution in [0.2, 0.25) is 0 Å². The molecule has 3 heteroatoms. The quantitative estimate of drug-likeness (QED) is 0.588. The molecule has 0 aliphatic heterocycles. The lowest BCUT2D eigenvalue weighted by Gasteiger charge is -2.18. The Labute approximate surface area is 75.6 Å². The first-order valence-corrected chi connectivity index (χ1v) is 4.83. The lowest BCUT2D eigenvalue weighted by atomic mass is 10.2. The minimum atomic E-state index is -0.0273. The highest BCUT2D eigenvalue weighted by Gasteiger charge is 2.02. The van der Waals surface area contributed by atoms with Crippen LogP contribution >= 0.6 is 0 Å². The van der Waals surface area contributed by atoms with E-state index < -0.39 is 0 Å². The summed E-state index contributed by atoms with van der Waals surface area (Å²) >= 11 is 0. The van der Waals surface area contributed by atoms with Crippen molar-refractivity contribution < 1.29 is 5.11 Å². The van der Waals surface area contributed by atoms with Crippen molar-refractivity contribution in [3.63, 3.8) is 0 Å². The molecule has 0 heterocycles. The molecular weight excluding hydrogens is 152 g/mol. The van der Waals surface area contributed by atoms with Crippen molar-refractivity contribution in [3.8, 4) is 0 Å². The summed E-state index contributed by atoms with van der Waals surface area (Å²) in [6.45, 7) is 7.74. The highest BCUT2D eigenvalue weighted by atomic mass is 16.3. The van der Waals surface area contributed by atoms with E-state index in [-0.39, 0.29) is 12.6 Å². The average molecular weight is 174 g/mol. The van der Waals surface area contributed by atoms with Crippen molar-refractivity contribution in [3.05, 3.63) is 0 Å². The van der Waals surface area contributed by atoms with Gasteiger partial charge in [-0.25, -0.2) is 0 Å². The molecule has 0 aromatic carbocycles. The summed E-state index contributed by atoms with van der Waals surface area (Å²) in [6, 6.07) is -0.0273. The topological polar surface area (TPSA) is 49.5 Å². The molecule has 3 nitrogen and oxygen atoms in total. The van der Waals surface area contributed by atoms with Gasteiger partial charge >= 0.3 is 0 Å². The Morgan fingerprint density at radius 1 is 1.33 bits per heavy atom. The van der Waals surface area contributed by atoms with Gasteiger partial charge < -0.3 is 15.7 Å². The second kappa shape index (κ2) is 7.53. The number of rotatable bonds is 7. The Kier molecular flexibility index (Phi) is 7.45. The molecule has 0 amide bonds. The van der Waals surface area contributed by atoms with Crippen LogP contribution in [0.5, 0.6) is 0 Å². The van der Waals surface area contributed by atoms with Gasteiger partial charge in [-0.15, -0.1) is 0 Å². The predicted octanol–water partition coefficient (Wildman–Crippen LogP) is 0.428. The highest BCUT2D eigenvalue weighted by molar-refractivity contribution is 4.61. The minimum absolute atomic E-state index is 0.0273. The second-order valence-corrected chi connectivity index (χ2v) is 3.11. The largest absolute Gasteiger partial charge is 0.395 e. The number of nitrogens with zero attached hydrogens (tertiary/aromatic N) is 1. The lowest BCUT2D eigenvalue weighted by molar-refractivity contribution is 0.245. The standard InChI is InChI=1S/C9H22N2O/c1-3-11(4-2)7-5-6-9(10)8-12/h9,12H,3-8,10H2,1-2H3/t9-/m1/s1. The first-order chi connectivity index (χ1) is 5.74. The normalized spacial score (nSPS) is 13.8. The van der Waals surface area contributed by atoms with Crippen LogP contribution in [0.1, 0.15) is 26.7 Å². The van der Waals surface area contributed by atoms with Gasteiger partial charge in [0.1, 0.15) is 0 Å². The maximum absolute atomic E-state index is 8.68. The molecule has 0 aliphatic carbocycles. The molecule has 0 radical (unpaired) electrons. The Morgan fingerprint density at radius 2 is 1.92 bits per heavy atom. The Hall–Kier alpha value is -0.120. The molecule has 0 fully saturated rings. The summed E-state index contributed by atoms with van der Waals surface area (Å²) in [6.07, 6.45) is 2.01. The van der Waals surface area contributed by atoms with E-state index in [4.69, 9.17) is 10.8 Å². The number of hydrogen-bond donors (Lipinski definition) is 2. The van der Waals surface area contributed by atoms with E-state index in [0.29, 0.717) is 0 Å². The first-order valence-electron chi connectivity index (χ1n) is 4.83. The molecule has 0 aromatic rings. The summed E-state index contributed by atoms with van der Waals surface area (Å²) in [5.74, 6) is 0. The van der Waals surface area contributed by atoms with Gasteiger partial charge in [0.15, 0.2) is 0 Å². The SMILES string of the molecule is CCN(CC)CCC[C@@H](N)CO. The van der Waals surface area contributed by atoms with E-state index >= 15 is 0 Å². The maximum atomic E-state index is 8.68. The van der Waals surface area contributed by atoms with Crippen molar-refractivity contribution in [2.75, 3.05) is 26.2 Å². The fourth-order valence-electron chi connectivity index (χ4n) is 1.21. The molecule has 0 bridgehead atoms. The monoisotopic (exact) mass is 174 g/mol. The molecule has 3 N–H and O–H groups in total. The second-order valence-electron chi connectivity index (χ2n) is 3.11. The summed E-state index contributed by atoms with van der Waals surface area (Å²) in [7, 11) is 0. The number of aliphatic hydroxyl groups excluding tert-OH is 1. The third-order valence-electron chi connectivity index (χ3n) is 2.18. The van der Waals surface area contributed by atoms with E-state index in [2.05, 4.69) is 18.7 Å². The summed E-state index contributed by atoms with van der Waals surface area (Å²) < 4.78 is 0. The molecule has 0 saturated heterocycles. The van der Waals surface area contributed by atoms with Crippen molar-refractivity contribution in [1.82, 2.24) is 4.90 Å². The van der Waals surface area contributed by atoms with Crippen LogP contribution in [0.25, 0.3) is 0 Å². The summed E-state index contributed by atoms with van der Waals surface area (Å²) in [5.41, 5.74) is 5.57. The molecule has 1 atom stereocenters. The Morgan fingerprint density at radius 3 is 2.33 bits per heavy atom. The highest BCUT2D eigenvalue weighted by Crippen LogP contribution is 1.97. The van der Waals surface area contributed by atoms with Crippen LogP contribution in [0, 0.1) is 0 Å². The smallest absolute Gasteiger partial charge is 0.0582 e. The molecule has 74 valence electrons. The molecule has 0 rings (SSSR count). The third-order valence-corrected chi connectivity index (χ3v) is 2.18. The van der Waals surface area contributed by atoms with Gasteiger partial charge in [-0.3, -0.25) is 0 Å². The van der Waals surface area contributed by atoms with Crippen LogP contribution in [0.15, 0.2) is 0 Å². The van der Waals surface area contributed by atoms with Crippen LogP contribution < -0.4 is 5.73 Å². The fraction of sp³-hybridized carbons (Fsp3) is 1.00. The Balaban J connectivity index is 3.28. The van der Waals surface area contributed by atoms with Gasteiger partial charge in [0, 0.05) is 6.04 Å². The van der Waals surface area contributed by atoms with Gasteiger partial charge in [-0.1, -0.05) is 13.8 Å². The average Bonchev–Trinajstić information content (AvgIpc) is 2.12. The molecule has 0 unspecified atom stereocenters. The van der Waals surface area contributed by atoms with Crippen LogP contribution in [-0.4, -0.2) is 42.3 Å². The van der Waals surface area contributed by atoms with E-state index in [1.165, 1.54) is 0 Å². The number of nitrogens with two attached hydrogens (primary N) is 1. The van der Waals surface area contributed by atoms with Crippen molar-refractivity contribution in [2.45, 2.75) is 32.7 Å². The van der Waals surface area contributed by atoms with Crippen molar-refractivity contribution >= 4 is 0 Å². The van der Waals surface area contributed by atoms with E-state index in [1.807, 2.05) is 0 Å². The van der Waals surface area contributed by atoms with Crippen LogP contribution in [0.4, 0.5) is 0 Å². The zero-order valence-electron chi connectivity index (χ0n) is 8.29. The molecule has 0 saturated carbocycles. The molecular formula is C9H22N2O. The fourth-order valence-corrected chi connectivity index (χ4v) is 1.21. The number of hydrogen-bond acceptors (Lipinski definition) is 3. The third kappa shape index (κ3) is 5.52. The van der Waals surface area contributed by atoms with E-state index in [9.17, 15) is 0 Å². The van der Waals surface area contributed by atoms with Gasteiger partial charge in [-0.2, -0.15) is 0 Å². The lowest BCUT2D eigenvalue weighted by Crippen LogP contribution is -2.28.